The van der Waals surface area contributed by atoms with Crippen molar-refractivity contribution in [1.29, 1.82) is 0 Å². The number of hydrogen-bond donors (Lipinski definition) is 3. The lowest BCUT2D eigenvalue weighted by molar-refractivity contribution is -0.0201. The van der Waals surface area contributed by atoms with Gasteiger partial charge in [-0.05, 0) is 23.6 Å². The molecular formula is C19H26N4O5S2. The van der Waals surface area contributed by atoms with Crippen LogP contribution in [0.1, 0.15) is 0 Å². The van der Waals surface area contributed by atoms with Gasteiger partial charge in [0.1, 0.15) is 22.2 Å². The fraction of sp³-hybridized carbons (Fsp3) is 0.526. The minimum atomic E-state index is -3.64. The van der Waals surface area contributed by atoms with Gasteiger partial charge in [-0.3, -0.25) is 4.90 Å². The van der Waals surface area contributed by atoms with Crippen LogP contribution in [0.25, 0.3) is 0 Å². The van der Waals surface area contributed by atoms with E-state index in [-0.39, 0.29) is 17.4 Å². The second-order valence-corrected chi connectivity index (χ2v) is 10.3. The fourth-order valence-corrected chi connectivity index (χ4v) is 6.15. The summed E-state index contributed by atoms with van der Waals surface area (Å²) in [6, 6.07) is 8.61. The summed E-state index contributed by atoms with van der Waals surface area (Å²) < 4.78 is 33.6. The van der Waals surface area contributed by atoms with Crippen LogP contribution < -0.4 is 9.62 Å². The normalized spacial score (nSPS) is 28.1. The Balaban J connectivity index is 1.42. The summed E-state index contributed by atoms with van der Waals surface area (Å²) in [6.45, 7) is 2.52. The van der Waals surface area contributed by atoms with Crippen LogP contribution in [0.2, 0.25) is 0 Å². The molecule has 2 fully saturated rings. The number of sulfonamides is 1. The summed E-state index contributed by atoms with van der Waals surface area (Å²) in [4.78, 5) is 8.68. The SMILES string of the molecule is O=S(=O)(NC[C@H]1O[C@@H](CO)[C@@H](O)[C@H]1N1CCN(c2ccccn2)CC1)c1cccs1. The van der Waals surface area contributed by atoms with Crippen molar-refractivity contribution < 1.29 is 23.4 Å². The first-order valence-corrected chi connectivity index (χ1v) is 12.2. The van der Waals surface area contributed by atoms with Crippen molar-refractivity contribution in [2.45, 2.75) is 28.6 Å². The average molecular weight is 455 g/mol. The number of aliphatic hydroxyl groups excluding tert-OH is 2. The second kappa shape index (κ2) is 9.27. The van der Waals surface area contributed by atoms with Gasteiger partial charge in [0.25, 0.3) is 0 Å². The van der Waals surface area contributed by atoms with E-state index in [9.17, 15) is 18.6 Å². The van der Waals surface area contributed by atoms with E-state index < -0.39 is 34.4 Å². The summed E-state index contributed by atoms with van der Waals surface area (Å²) in [6.07, 6.45) is -0.432. The molecule has 164 valence electrons. The lowest BCUT2D eigenvalue weighted by Gasteiger charge is -2.40. The standard InChI is InChI=1S/C19H26N4O5S2/c24-13-15-19(25)18(14(28-15)12-21-30(26,27)17-5-3-11-29-17)23-9-7-22(8-10-23)16-4-1-2-6-20-16/h1-6,11,14-15,18-19,21,24-25H,7-10,12-13H2/t14-,15+,18+,19-/m1/s1. The number of aromatic nitrogens is 1. The zero-order chi connectivity index (χ0) is 21.1. The Labute approximate surface area is 180 Å². The quantitative estimate of drug-likeness (QED) is 0.524. The van der Waals surface area contributed by atoms with E-state index in [1.165, 1.54) is 0 Å². The van der Waals surface area contributed by atoms with Gasteiger partial charge >= 0.3 is 0 Å². The number of pyridine rings is 1. The van der Waals surface area contributed by atoms with Gasteiger partial charge in [0.2, 0.25) is 10.0 Å². The predicted octanol–water partition coefficient (Wildman–Crippen LogP) is -0.267. The van der Waals surface area contributed by atoms with Crippen LogP contribution in [0.5, 0.6) is 0 Å². The molecule has 2 saturated heterocycles. The van der Waals surface area contributed by atoms with Crippen LogP contribution in [-0.4, -0.2) is 92.2 Å². The highest BCUT2D eigenvalue weighted by Gasteiger charge is 2.47. The van der Waals surface area contributed by atoms with Crippen LogP contribution in [0, 0.1) is 0 Å². The molecule has 0 amide bonds. The monoisotopic (exact) mass is 454 g/mol. The molecule has 2 aliphatic heterocycles. The van der Waals surface area contributed by atoms with Gasteiger partial charge in [-0.15, -0.1) is 11.3 Å². The van der Waals surface area contributed by atoms with Gasteiger partial charge in [0.15, 0.2) is 0 Å². The minimum absolute atomic E-state index is 0.0267. The van der Waals surface area contributed by atoms with Gasteiger partial charge in [-0.2, -0.15) is 0 Å². The molecule has 0 aliphatic carbocycles. The molecule has 0 spiro atoms. The van der Waals surface area contributed by atoms with Crippen molar-refractivity contribution in [3.63, 3.8) is 0 Å². The van der Waals surface area contributed by atoms with Gasteiger partial charge in [-0.1, -0.05) is 12.1 Å². The molecule has 30 heavy (non-hydrogen) atoms. The summed E-state index contributed by atoms with van der Waals surface area (Å²) in [5.41, 5.74) is 0. The van der Waals surface area contributed by atoms with Gasteiger partial charge < -0.3 is 19.8 Å². The molecule has 0 aromatic carbocycles. The minimum Gasteiger partial charge on any atom is -0.394 e. The van der Waals surface area contributed by atoms with Gasteiger partial charge in [0.05, 0.1) is 18.8 Å². The van der Waals surface area contributed by atoms with Gasteiger partial charge in [-0.25, -0.2) is 18.1 Å². The van der Waals surface area contributed by atoms with E-state index in [2.05, 4.69) is 19.5 Å². The van der Waals surface area contributed by atoms with Gasteiger partial charge in [0, 0.05) is 38.9 Å². The molecule has 2 aromatic rings. The van der Waals surface area contributed by atoms with Crippen molar-refractivity contribution in [1.82, 2.24) is 14.6 Å². The number of anilines is 1. The van der Waals surface area contributed by atoms with Crippen LogP contribution in [0.4, 0.5) is 5.82 Å². The fourth-order valence-electron chi connectivity index (χ4n) is 4.07. The third-order valence-corrected chi connectivity index (χ3v) is 8.41. The number of piperazine rings is 1. The van der Waals surface area contributed by atoms with E-state index in [4.69, 9.17) is 4.74 Å². The summed E-state index contributed by atoms with van der Waals surface area (Å²) in [5.74, 6) is 0.911. The predicted molar refractivity (Wildman–Crippen MR) is 113 cm³/mol. The Bertz CT molecular complexity index is 904. The largest absolute Gasteiger partial charge is 0.394 e. The summed E-state index contributed by atoms with van der Waals surface area (Å²) >= 11 is 1.14. The van der Waals surface area contributed by atoms with E-state index in [1.54, 1.807) is 23.7 Å². The molecule has 3 N–H and O–H groups in total. The summed E-state index contributed by atoms with van der Waals surface area (Å²) in [7, 11) is -3.64. The lowest BCUT2D eigenvalue weighted by Crippen LogP contribution is -2.57. The molecule has 9 nitrogen and oxygen atoms in total. The zero-order valence-electron chi connectivity index (χ0n) is 16.4. The van der Waals surface area contributed by atoms with Crippen LogP contribution >= 0.6 is 11.3 Å². The molecular weight excluding hydrogens is 428 g/mol. The molecule has 11 heteroatoms. The van der Waals surface area contributed by atoms with Crippen molar-refractivity contribution in [2.75, 3.05) is 44.2 Å². The zero-order valence-corrected chi connectivity index (χ0v) is 18.0. The Morgan fingerprint density at radius 2 is 1.97 bits per heavy atom. The molecule has 4 rings (SSSR count). The molecule has 4 heterocycles. The van der Waals surface area contributed by atoms with Crippen molar-refractivity contribution in [3.8, 4) is 0 Å². The number of ether oxygens (including phenoxy) is 1. The van der Waals surface area contributed by atoms with E-state index in [0.29, 0.717) is 13.1 Å². The number of aliphatic hydroxyl groups is 2. The Morgan fingerprint density at radius 1 is 1.17 bits per heavy atom. The maximum absolute atomic E-state index is 12.5. The van der Waals surface area contributed by atoms with Crippen LogP contribution in [0.15, 0.2) is 46.1 Å². The van der Waals surface area contributed by atoms with E-state index in [1.807, 2.05) is 18.2 Å². The summed E-state index contributed by atoms with van der Waals surface area (Å²) in [5, 5.41) is 22.0. The smallest absolute Gasteiger partial charge is 0.250 e. The van der Waals surface area contributed by atoms with Crippen LogP contribution in [-0.2, 0) is 14.8 Å². The number of nitrogens with zero attached hydrogens (tertiary/aromatic N) is 3. The highest BCUT2D eigenvalue weighted by molar-refractivity contribution is 7.91. The second-order valence-electron chi connectivity index (χ2n) is 7.37. The number of thiophene rings is 1. The van der Waals surface area contributed by atoms with Crippen molar-refractivity contribution >= 4 is 27.2 Å². The Kier molecular flexibility index (Phi) is 6.68. The topological polar surface area (TPSA) is 115 Å². The molecule has 0 radical (unpaired) electrons. The third kappa shape index (κ3) is 4.52. The van der Waals surface area contributed by atoms with Crippen molar-refractivity contribution in [2.24, 2.45) is 0 Å². The van der Waals surface area contributed by atoms with Crippen LogP contribution in [0.3, 0.4) is 0 Å². The first-order chi connectivity index (χ1) is 14.5. The third-order valence-electron chi connectivity index (χ3n) is 5.58. The number of hydrogen-bond acceptors (Lipinski definition) is 9. The molecule has 4 atom stereocenters. The Hall–Kier alpha value is -1.60. The molecule has 0 bridgehead atoms. The molecule has 0 saturated carbocycles. The average Bonchev–Trinajstić information content (AvgIpc) is 3.42. The highest BCUT2D eigenvalue weighted by Crippen LogP contribution is 2.28. The highest BCUT2D eigenvalue weighted by atomic mass is 32.2. The molecule has 0 unspecified atom stereocenters. The molecule has 2 aliphatic rings. The maximum atomic E-state index is 12.5. The van der Waals surface area contributed by atoms with E-state index >= 15 is 0 Å². The Morgan fingerprint density at radius 3 is 2.60 bits per heavy atom. The molecule has 2 aromatic heterocycles. The number of nitrogens with one attached hydrogen (secondary N) is 1. The first kappa shape index (κ1) is 21.6. The first-order valence-electron chi connectivity index (χ1n) is 9.87. The lowest BCUT2D eigenvalue weighted by atomic mass is 10.0. The number of rotatable bonds is 7. The van der Waals surface area contributed by atoms with Crippen molar-refractivity contribution in [3.05, 3.63) is 41.9 Å². The van der Waals surface area contributed by atoms with E-state index in [0.717, 1.165) is 30.2 Å². The maximum Gasteiger partial charge on any atom is 0.250 e.